The number of aryl methyl sites for hydroxylation is 1. The number of hydrogen-bond acceptors (Lipinski definition) is 6. The van der Waals surface area contributed by atoms with E-state index in [2.05, 4.69) is 4.98 Å². The highest BCUT2D eigenvalue weighted by molar-refractivity contribution is 6.06. The van der Waals surface area contributed by atoms with Crippen LogP contribution >= 0.6 is 0 Å². The number of H-pyrrole nitrogens is 1. The lowest BCUT2D eigenvalue weighted by atomic mass is 9.94. The van der Waals surface area contributed by atoms with Crippen LogP contribution < -0.4 is 0 Å². The molecular formula is C23H23NO6. The van der Waals surface area contributed by atoms with Crippen molar-refractivity contribution in [2.24, 2.45) is 0 Å². The van der Waals surface area contributed by atoms with E-state index in [1.807, 2.05) is 30.3 Å². The van der Waals surface area contributed by atoms with E-state index in [1.165, 1.54) is 14.2 Å². The normalized spacial score (nSPS) is 11.7. The molecule has 0 saturated heterocycles. The van der Waals surface area contributed by atoms with E-state index in [9.17, 15) is 14.4 Å². The molecule has 1 N–H and O–H groups in total. The summed E-state index contributed by atoms with van der Waals surface area (Å²) in [6.07, 6.45) is -0.161. The number of benzene rings is 2. The number of carbonyl (C=O) groups is 3. The summed E-state index contributed by atoms with van der Waals surface area (Å²) in [5.41, 5.74) is 3.21. The van der Waals surface area contributed by atoms with Gasteiger partial charge in [-0.3, -0.25) is 9.59 Å². The third-order valence-electron chi connectivity index (χ3n) is 4.91. The fourth-order valence-electron chi connectivity index (χ4n) is 3.35. The Bertz CT molecular complexity index is 1070. The Morgan fingerprint density at radius 3 is 2.40 bits per heavy atom. The molecule has 0 aliphatic rings. The molecule has 0 saturated carbocycles. The van der Waals surface area contributed by atoms with E-state index in [1.54, 1.807) is 25.1 Å². The van der Waals surface area contributed by atoms with Crippen LogP contribution in [0.5, 0.6) is 0 Å². The predicted molar refractivity (Wildman–Crippen MR) is 110 cm³/mol. The average Bonchev–Trinajstić information content (AvgIpc) is 3.10. The van der Waals surface area contributed by atoms with Crippen molar-refractivity contribution < 1.29 is 28.6 Å². The fourth-order valence-corrected chi connectivity index (χ4v) is 3.35. The van der Waals surface area contributed by atoms with Gasteiger partial charge in [0.05, 0.1) is 32.1 Å². The van der Waals surface area contributed by atoms with Gasteiger partial charge in [-0.05, 0) is 30.2 Å². The molecule has 3 aromatic rings. The van der Waals surface area contributed by atoms with Crippen molar-refractivity contribution in [2.75, 3.05) is 14.2 Å². The van der Waals surface area contributed by atoms with Crippen molar-refractivity contribution >= 4 is 28.8 Å². The van der Waals surface area contributed by atoms with Gasteiger partial charge in [-0.2, -0.15) is 0 Å². The molecule has 7 nitrogen and oxygen atoms in total. The highest BCUT2D eigenvalue weighted by Crippen LogP contribution is 2.29. The Labute approximate surface area is 173 Å². The van der Waals surface area contributed by atoms with Crippen LogP contribution in [0.1, 0.15) is 39.5 Å². The molecule has 30 heavy (non-hydrogen) atoms. The number of hydrogen-bond donors (Lipinski definition) is 1. The van der Waals surface area contributed by atoms with Gasteiger partial charge in [-0.25, -0.2) is 4.79 Å². The second kappa shape index (κ2) is 9.26. The standard InChI is InChI=1S/C23H23NO6/c1-14-21(23(27)30-13-15-7-5-4-6-8-15)18-11-16(9-10-19(18)24-14)17(22(26)29-3)12-20(25)28-2/h4-11,17,24H,12-13H2,1-3H3. The minimum atomic E-state index is -0.838. The van der Waals surface area contributed by atoms with Crippen LogP contribution in [0.4, 0.5) is 0 Å². The monoisotopic (exact) mass is 409 g/mol. The number of rotatable bonds is 7. The summed E-state index contributed by atoms with van der Waals surface area (Å²) in [5, 5.41) is 0.613. The molecule has 0 amide bonds. The molecule has 1 unspecified atom stereocenters. The number of esters is 3. The lowest BCUT2D eigenvalue weighted by Crippen LogP contribution is -2.19. The largest absolute Gasteiger partial charge is 0.469 e. The maximum Gasteiger partial charge on any atom is 0.340 e. The Balaban J connectivity index is 1.93. The zero-order valence-corrected chi connectivity index (χ0v) is 17.1. The van der Waals surface area contributed by atoms with Crippen LogP contribution in [0.15, 0.2) is 48.5 Å². The molecule has 7 heteroatoms. The number of fused-ring (bicyclic) bond motifs is 1. The smallest absolute Gasteiger partial charge is 0.340 e. The van der Waals surface area contributed by atoms with Gasteiger partial charge in [0, 0.05) is 16.6 Å². The van der Waals surface area contributed by atoms with Crippen molar-refractivity contribution in [1.82, 2.24) is 4.98 Å². The van der Waals surface area contributed by atoms with Crippen molar-refractivity contribution in [3.8, 4) is 0 Å². The molecule has 3 rings (SSSR count). The molecule has 0 bridgehead atoms. The summed E-state index contributed by atoms with van der Waals surface area (Å²) < 4.78 is 15.0. The topological polar surface area (TPSA) is 94.7 Å². The van der Waals surface area contributed by atoms with E-state index in [4.69, 9.17) is 14.2 Å². The molecule has 0 fully saturated rings. The second-order valence-electron chi connectivity index (χ2n) is 6.85. The van der Waals surface area contributed by atoms with Crippen LogP contribution in [0.2, 0.25) is 0 Å². The van der Waals surface area contributed by atoms with Crippen LogP contribution in [0, 0.1) is 6.92 Å². The number of ether oxygens (including phenoxy) is 3. The summed E-state index contributed by atoms with van der Waals surface area (Å²) in [7, 11) is 2.52. The van der Waals surface area contributed by atoms with Gasteiger partial charge in [-0.15, -0.1) is 0 Å². The summed E-state index contributed by atoms with van der Waals surface area (Å²) >= 11 is 0. The van der Waals surface area contributed by atoms with Crippen LogP contribution in [0.25, 0.3) is 10.9 Å². The minimum Gasteiger partial charge on any atom is -0.469 e. The highest BCUT2D eigenvalue weighted by atomic mass is 16.5. The van der Waals surface area contributed by atoms with Crippen LogP contribution in [-0.4, -0.2) is 37.1 Å². The summed E-state index contributed by atoms with van der Waals surface area (Å²) in [6.45, 7) is 1.93. The van der Waals surface area contributed by atoms with Crippen molar-refractivity contribution in [3.63, 3.8) is 0 Å². The molecule has 0 aliphatic carbocycles. The Morgan fingerprint density at radius 1 is 1.00 bits per heavy atom. The Hall–Kier alpha value is -3.61. The summed E-state index contributed by atoms with van der Waals surface area (Å²) in [4.78, 5) is 40.0. The molecule has 0 radical (unpaired) electrons. The van der Waals surface area contributed by atoms with Gasteiger partial charge in [0.15, 0.2) is 0 Å². The third kappa shape index (κ3) is 4.51. The van der Waals surface area contributed by atoms with E-state index in [0.29, 0.717) is 22.2 Å². The third-order valence-corrected chi connectivity index (χ3v) is 4.91. The minimum absolute atomic E-state index is 0.151. The highest BCUT2D eigenvalue weighted by Gasteiger charge is 2.27. The molecule has 1 heterocycles. The van der Waals surface area contributed by atoms with Crippen molar-refractivity contribution in [1.29, 1.82) is 0 Å². The Kier molecular flexibility index (Phi) is 6.51. The number of methoxy groups -OCH3 is 2. The maximum atomic E-state index is 12.8. The van der Waals surface area contributed by atoms with Gasteiger partial charge in [0.2, 0.25) is 0 Å². The van der Waals surface area contributed by atoms with Gasteiger partial charge in [0.1, 0.15) is 6.61 Å². The van der Waals surface area contributed by atoms with Gasteiger partial charge in [-0.1, -0.05) is 36.4 Å². The quantitative estimate of drug-likeness (QED) is 0.473. The molecule has 1 aromatic heterocycles. The molecule has 1 atom stereocenters. The summed E-state index contributed by atoms with van der Waals surface area (Å²) in [6, 6.07) is 14.6. The molecule has 2 aromatic carbocycles. The predicted octanol–water partition coefficient (Wildman–Crippen LogP) is 3.65. The zero-order valence-electron chi connectivity index (χ0n) is 17.1. The van der Waals surface area contributed by atoms with Gasteiger partial charge in [0.25, 0.3) is 0 Å². The van der Waals surface area contributed by atoms with Crippen molar-refractivity contribution in [2.45, 2.75) is 25.9 Å². The number of nitrogens with one attached hydrogen (secondary N) is 1. The first-order chi connectivity index (χ1) is 14.4. The lowest BCUT2D eigenvalue weighted by molar-refractivity contribution is -0.149. The number of aromatic nitrogens is 1. The van der Waals surface area contributed by atoms with E-state index in [-0.39, 0.29) is 13.0 Å². The van der Waals surface area contributed by atoms with Crippen molar-refractivity contribution in [3.05, 3.63) is 70.9 Å². The lowest BCUT2D eigenvalue weighted by Gasteiger charge is -2.14. The summed E-state index contributed by atoms with van der Waals surface area (Å²) in [5.74, 6) is -2.39. The molecular weight excluding hydrogens is 386 g/mol. The number of carbonyl (C=O) groups excluding carboxylic acids is 3. The SMILES string of the molecule is COC(=O)CC(C(=O)OC)c1ccc2[nH]c(C)c(C(=O)OCc3ccccc3)c2c1. The van der Waals surface area contributed by atoms with Crippen LogP contribution in [-0.2, 0) is 30.4 Å². The first-order valence-corrected chi connectivity index (χ1v) is 9.42. The molecule has 156 valence electrons. The maximum absolute atomic E-state index is 12.8. The average molecular weight is 409 g/mol. The molecule has 0 aliphatic heterocycles. The van der Waals surface area contributed by atoms with E-state index in [0.717, 1.165) is 11.1 Å². The van der Waals surface area contributed by atoms with Crippen LogP contribution in [0.3, 0.4) is 0 Å². The first-order valence-electron chi connectivity index (χ1n) is 9.42. The fraction of sp³-hybridized carbons (Fsp3) is 0.261. The first kappa shape index (κ1) is 21.1. The van der Waals surface area contributed by atoms with Gasteiger partial charge < -0.3 is 19.2 Å². The van der Waals surface area contributed by atoms with E-state index >= 15 is 0 Å². The Morgan fingerprint density at radius 2 is 1.73 bits per heavy atom. The second-order valence-corrected chi connectivity index (χ2v) is 6.85. The van der Waals surface area contributed by atoms with Gasteiger partial charge >= 0.3 is 17.9 Å². The number of aromatic amines is 1. The zero-order chi connectivity index (χ0) is 21.7. The van der Waals surface area contributed by atoms with E-state index < -0.39 is 23.8 Å². The molecule has 0 spiro atoms.